The van der Waals surface area contributed by atoms with Crippen LogP contribution in [0, 0.1) is 5.41 Å². The summed E-state index contributed by atoms with van der Waals surface area (Å²) in [6, 6.07) is 8.40. The van der Waals surface area contributed by atoms with Crippen LogP contribution in [0.2, 0.25) is 0 Å². The van der Waals surface area contributed by atoms with Gasteiger partial charge in [0.15, 0.2) is 0 Å². The first-order chi connectivity index (χ1) is 6.22. The Bertz CT molecular complexity index is 300. The Balaban J connectivity index is 2.11. The van der Waals surface area contributed by atoms with E-state index in [-0.39, 0.29) is 0 Å². The monoisotopic (exact) mass is 176 g/mol. The summed E-state index contributed by atoms with van der Waals surface area (Å²) < 4.78 is 5.19. The van der Waals surface area contributed by atoms with E-state index in [9.17, 15) is 0 Å². The maximum atomic E-state index is 5.19. The van der Waals surface area contributed by atoms with Crippen LogP contribution in [0.1, 0.15) is 25.3 Å². The Kier molecular flexibility index (Phi) is 2.03. The van der Waals surface area contributed by atoms with Crippen LogP contribution in [-0.2, 0) is 6.42 Å². The highest BCUT2D eigenvalue weighted by Crippen LogP contribution is 2.47. The Hall–Kier alpha value is -0.980. The zero-order valence-corrected chi connectivity index (χ0v) is 8.34. The van der Waals surface area contributed by atoms with E-state index in [0.717, 1.165) is 5.75 Å². The van der Waals surface area contributed by atoms with Gasteiger partial charge in [0.2, 0.25) is 0 Å². The third kappa shape index (κ3) is 2.03. The molecule has 1 aromatic rings. The molecule has 0 aliphatic heterocycles. The fourth-order valence-corrected chi connectivity index (χ4v) is 1.67. The van der Waals surface area contributed by atoms with Crippen molar-refractivity contribution < 1.29 is 4.74 Å². The largest absolute Gasteiger partial charge is 0.497 e. The molecule has 2 rings (SSSR count). The van der Waals surface area contributed by atoms with Crippen LogP contribution in [0.25, 0.3) is 0 Å². The molecule has 1 saturated carbocycles. The number of hydrogen-bond acceptors (Lipinski definition) is 1. The highest BCUT2D eigenvalue weighted by atomic mass is 16.5. The molecule has 1 aliphatic rings. The summed E-state index contributed by atoms with van der Waals surface area (Å²) in [4.78, 5) is 0. The van der Waals surface area contributed by atoms with Crippen molar-refractivity contribution in [2.75, 3.05) is 7.11 Å². The quantitative estimate of drug-likeness (QED) is 0.687. The van der Waals surface area contributed by atoms with Crippen LogP contribution in [0.5, 0.6) is 5.75 Å². The number of ether oxygens (including phenoxy) is 1. The van der Waals surface area contributed by atoms with Crippen molar-refractivity contribution in [1.82, 2.24) is 0 Å². The van der Waals surface area contributed by atoms with Crippen molar-refractivity contribution in [3.05, 3.63) is 29.8 Å². The molecule has 0 bridgehead atoms. The van der Waals surface area contributed by atoms with Gasteiger partial charge < -0.3 is 4.74 Å². The predicted octanol–water partition coefficient (Wildman–Crippen LogP) is 3.04. The molecule has 0 atom stereocenters. The molecule has 1 aliphatic carbocycles. The fraction of sp³-hybridized carbons (Fsp3) is 0.500. The van der Waals surface area contributed by atoms with Crippen molar-refractivity contribution in [1.29, 1.82) is 0 Å². The van der Waals surface area contributed by atoms with Gasteiger partial charge in [-0.3, -0.25) is 0 Å². The molecule has 70 valence electrons. The van der Waals surface area contributed by atoms with Gasteiger partial charge in [0.05, 0.1) is 7.11 Å². The van der Waals surface area contributed by atoms with Crippen LogP contribution in [0.4, 0.5) is 0 Å². The van der Waals surface area contributed by atoms with Gasteiger partial charge in [0.1, 0.15) is 5.75 Å². The summed E-state index contributed by atoms with van der Waals surface area (Å²) in [5.41, 5.74) is 1.99. The van der Waals surface area contributed by atoms with E-state index in [1.165, 1.54) is 24.8 Å². The predicted molar refractivity (Wildman–Crippen MR) is 54.0 cm³/mol. The van der Waals surface area contributed by atoms with Gasteiger partial charge in [-0.1, -0.05) is 19.1 Å². The topological polar surface area (TPSA) is 9.23 Å². The highest BCUT2D eigenvalue weighted by Gasteiger charge is 2.36. The second-order valence-corrected chi connectivity index (χ2v) is 4.34. The van der Waals surface area contributed by atoms with E-state index >= 15 is 0 Å². The first-order valence-corrected chi connectivity index (χ1v) is 4.85. The van der Waals surface area contributed by atoms with Gasteiger partial charge in [-0.15, -0.1) is 0 Å². The van der Waals surface area contributed by atoms with E-state index in [2.05, 4.69) is 25.1 Å². The van der Waals surface area contributed by atoms with Crippen molar-refractivity contribution in [2.24, 2.45) is 5.41 Å². The summed E-state index contributed by atoms with van der Waals surface area (Å²) in [5.74, 6) is 0.974. The lowest BCUT2D eigenvalue weighted by molar-refractivity contribution is 0.413. The maximum Gasteiger partial charge on any atom is 0.119 e. The minimum atomic E-state index is 0.590. The number of hydrogen-bond donors (Lipinski definition) is 0. The summed E-state index contributed by atoms with van der Waals surface area (Å²) in [7, 11) is 1.72. The molecule has 0 radical (unpaired) electrons. The third-order valence-electron chi connectivity index (χ3n) is 2.87. The smallest absolute Gasteiger partial charge is 0.119 e. The van der Waals surface area contributed by atoms with Gasteiger partial charge in [-0.25, -0.2) is 0 Å². The fourth-order valence-electron chi connectivity index (χ4n) is 1.67. The molecule has 1 fully saturated rings. The van der Waals surface area contributed by atoms with E-state index in [4.69, 9.17) is 4.74 Å². The molecule has 0 spiro atoms. The lowest BCUT2D eigenvalue weighted by atomic mass is 9.99. The highest BCUT2D eigenvalue weighted by molar-refractivity contribution is 5.29. The first-order valence-electron chi connectivity index (χ1n) is 4.85. The minimum Gasteiger partial charge on any atom is -0.497 e. The molecule has 0 aromatic heterocycles. The second-order valence-electron chi connectivity index (χ2n) is 4.34. The van der Waals surface area contributed by atoms with Crippen LogP contribution >= 0.6 is 0 Å². The van der Waals surface area contributed by atoms with Crippen molar-refractivity contribution in [3.63, 3.8) is 0 Å². The Labute approximate surface area is 79.7 Å². The van der Waals surface area contributed by atoms with E-state index in [1.54, 1.807) is 7.11 Å². The molecule has 1 aromatic carbocycles. The average molecular weight is 176 g/mol. The van der Waals surface area contributed by atoms with Crippen LogP contribution in [0.3, 0.4) is 0 Å². The molecule has 1 nitrogen and oxygen atoms in total. The van der Waals surface area contributed by atoms with E-state index < -0.39 is 0 Å². The zero-order chi connectivity index (χ0) is 9.31. The summed E-state index contributed by atoms with van der Waals surface area (Å²) in [6.07, 6.45) is 3.96. The van der Waals surface area contributed by atoms with Gasteiger partial charge in [0.25, 0.3) is 0 Å². The lowest BCUT2D eigenvalue weighted by Crippen LogP contribution is -1.98. The second kappa shape index (κ2) is 3.06. The van der Waals surface area contributed by atoms with Crippen molar-refractivity contribution >= 4 is 0 Å². The number of rotatable bonds is 3. The number of benzene rings is 1. The average Bonchev–Trinajstić information content (AvgIpc) is 2.84. The van der Waals surface area contributed by atoms with Gasteiger partial charge in [-0.2, -0.15) is 0 Å². The lowest BCUT2D eigenvalue weighted by Gasteiger charge is -2.08. The van der Waals surface area contributed by atoms with Gasteiger partial charge >= 0.3 is 0 Å². The van der Waals surface area contributed by atoms with E-state index in [0.29, 0.717) is 5.41 Å². The molecule has 13 heavy (non-hydrogen) atoms. The molecule has 0 amide bonds. The van der Waals surface area contributed by atoms with Crippen LogP contribution < -0.4 is 4.74 Å². The Morgan fingerprint density at radius 3 is 2.77 bits per heavy atom. The van der Waals surface area contributed by atoms with Gasteiger partial charge in [0, 0.05) is 0 Å². The Morgan fingerprint density at radius 2 is 2.15 bits per heavy atom. The number of methoxy groups -OCH3 is 1. The molecule has 1 heteroatoms. The summed E-state index contributed by atoms with van der Waals surface area (Å²) in [6.45, 7) is 2.35. The first kappa shape index (κ1) is 8.61. The van der Waals surface area contributed by atoms with Crippen molar-refractivity contribution in [3.8, 4) is 5.75 Å². The minimum absolute atomic E-state index is 0.590. The van der Waals surface area contributed by atoms with Crippen LogP contribution in [-0.4, -0.2) is 7.11 Å². The molecular weight excluding hydrogens is 160 g/mol. The molecule has 0 unspecified atom stereocenters. The molecule has 0 saturated heterocycles. The molecule has 0 heterocycles. The van der Waals surface area contributed by atoms with Crippen LogP contribution in [0.15, 0.2) is 24.3 Å². The third-order valence-corrected chi connectivity index (χ3v) is 2.87. The summed E-state index contributed by atoms with van der Waals surface area (Å²) in [5, 5.41) is 0. The standard InChI is InChI=1S/C12H16O/c1-12(6-7-12)9-10-4-3-5-11(8-10)13-2/h3-5,8H,6-7,9H2,1-2H3. The SMILES string of the molecule is COc1cccc(CC2(C)CC2)c1. The molecule has 0 N–H and O–H groups in total. The van der Waals surface area contributed by atoms with Gasteiger partial charge in [-0.05, 0) is 42.4 Å². The molecular formula is C12H16O. The maximum absolute atomic E-state index is 5.19. The Morgan fingerprint density at radius 1 is 1.38 bits per heavy atom. The van der Waals surface area contributed by atoms with Crippen molar-refractivity contribution in [2.45, 2.75) is 26.2 Å². The van der Waals surface area contributed by atoms with E-state index in [1.807, 2.05) is 6.07 Å². The normalized spacial score (nSPS) is 18.3. The zero-order valence-electron chi connectivity index (χ0n) is 8.34. The summed E-state index contributed by atoms with van der Waals surface area (Å²) >= 11 is 0.